The van der Waals surface area contributed by atoms with Crippen LogP contribution in [0.1, 0.15) is 37.8 Å². The monoisotopic (exact) mass is 420 g/mol. The van der Waals surface area contributed by atoms with E-state index in [1.165, 1.54) is 12.1 Å². The molecule has 1 aliphatic rings. The first-order valence-electron chi connectivity index (χ1n) is 8.33. The number of nitrogens with zero attached hydrogens (tertiary/aromatic N) is 1. The fourth-order valence-corrected chi connectivity index (χ4v) is 2.94. The molecular formula is C17H26Cl2F4N2O. The van der Waals surface area contributed by atoms with Crippen molar-refractivity contribution in [2.24, 2.45) is 0 Å². The Morgan fingerprint density at radius 3 is 2.42 bits per heavy atom. The van der Waals surface area contributed by atoms with Gasteiger partial charge in [0.1, 0.15) is 5.75 Å². The Bertz CT molecular complexity index is 517. The van der Waals surface area contributed by atoms with Gasteiger partial charge >= 0.3 is 12.5 Å². The highest BCUT2D eigenvalue weighted by Gasteiger charge is 2.44. The van der Waals surface area contributed by atoms with E-state index >= 15 is 0 Å². The molecule has 1 atom stereocenters. The van der Waals surface area contributed by atoms with Crippen LogP contribution >= 0.6 is 24.8 Å². The first-order valence-corrected chi connectivity index (χ1v) is 8.33. The van der Waals surface area contributed by atoms with Crippen LogP contribution in [0.2, 0.25) is 0 Å². The average molecular weight is 421 g/mol. The minimum atomic E-state index is -4.48. The van der Waals surface area contributed by atoms with Crippen molar-refractivity contribution in [1.29, 1.82) is 0 Å². The summed E-state index contributed by atoms with van der Waals surface area (Å²) in [5.41, 5.74) is 0.827. The Kier molecular flexibility index (Phi) is 11.5. The van der Waals surface area contributed by atoms with Crippen LogP contribution in [0, 0.1) is 0 Å². The number of ether oxygens (including phenoxy) is 1. The number of alkyl halides is 4. The van der Waals surface area contributed by atoms with Crippen LogP contribution in [0.5, 0.6) is 5.75 Å². The highest BCUT2D eigenvalue weighted by atomic mass is 35.5. The smallest absolute Gasteiger partial charge is 0.428 e. The number of halogens is 6. The molecule has 1 aliphatic heterocycles. The molecule has 0 saturated carbocycles. The van der Waals surface area contributed by atoms with Crippen molar-refractivity contribution in [3.8, 4) is 5.75 Å². The Labute approximate surface area is 164 Å². The van der Waals surface area contributed by atoms with Gasteiger partial charge in [0.05, 0.1) is 0 Å². The number of rotatable bonds is 8. The van der Waals surface area contributed by atoms with E-state index in [1.807, 2.05) is 6.07 Å². The van der Waals surface area contributed by atoms with Crippen LogP contribution in [0.3, 0.4) is 0 Å². The molecule has 0 spiro atoms. The Hall–Kier alpha value is -0.760. The van der Waals surface area contributed by atoms with E-state index < -0.39 is 12.5 Å². The molecule has 2 rings (SSSR count). The van der Waals surface area contributed by atoms with Crippen molar-refractivity contribution in [3.63, 3.8) is 0 Å². The van der Waals surface area contributed by atoms with Gasteiger partial charge < -0.3 is 10.1 Å². The van der Waals surface area contributed by atoms with Crippen LogP contribution in [0.15, 0.2) is 24.3 Å². The predicted octanol–water partition coefficient (Wildman–Crippen LogP) is 4.90. The summed E-state index contributed by atoms with van der Waals surface area (Å²) < 4.78 is 55.1. The van der Waals surface area contributed by atoms with Gasteiger partial charge in [-0.3, -0.25) is 4.90 Å². The molecule has 1 saturated heterocycles. The minimum absolute atomic E-state index is 0. The summed E-state index contributed by atoms with van der Waals surface area (Å²) in [7, 11) is 0. The molecule has 1 aromatic carbocycles. The fourth-order valence-electron chi connectivity index (χ4n) is 2.94. The molecule has 9 heteroatoms. The highest BCUT2D eigenvalue weighted by molar-refractivity contribution is 5.85. The van der Waals surface area contributed by atoms with E-state index in [0.717, 1.165) is 51.0 Å². The zero-order valence-electron chi connectivity index (χ0n) is 14.6. The van der Waals surface area contributed by atoms with Gasteiger partial charge in [-0.05, 0) is 24.1 Å². The van der Waals surface area contributed by atoms with Gasteiger partial charge in [0.15, 0.2) is 0 Å². The van der Waals surface area contributed by atoms with Crippen molar-refractivity contribution in [3.05, 3.63) is 29.8 Å². The van der Waals surface area contributed by atoms with E-state index in [9.17, 15) is 17.6 Å². The molecular weight excluding hydrogens is 395 g/mol. The van der Waals surface area contributed by atoms with Gasteiger partial charge in [0.2, 0.25) is 0 Å². The van der Waals surface area contributed by atoms with Gasteiger partial charge in [-0.2, -0.15) is 17.6 Å². The van der Waals surface area contributed by atoms with Crippen LogP contribution in [0.25, 0.3) is 0 Å². The number of benzene rings is 1. The predicted molar refractivity (Wildman–Crippen MR) is 99.2 cm³/mol. The molecule has 3 nitrogen and oxygen atoms in total. The van der Waals surface area contributed by atoms with Gasteiger partial charge in [0, 0.05) is 32.2 Å². The maximum absolute atomic E-state index is 13.1. The van der Waals surface area contributed by atoms with Crippen LogP contribution in [0.4, 0.5) is 17.6 Å². The van der Waals surface area contributed by atoms with Crippen molar-refractivity contribution in [1.82, 2.24) is 10.2 Å². The van der Waals surface area contributed by atoms with Gasteiger partial charge in [0.25, 0.3) is 0 Å². The number of hydrogen-bond acceptors (Lipinski definition) is 3. The summed E-state index contributed by atoms with van der Waals surface area (Å²) in [5, 5.41) is 3.28. The van der Waals surface area contributed by atoms with Crippen LogP contribution < -0.4 is 10.1 Å². The van der Waals surface area contributed by atoms with Crippen molar-refractivity contribution < 1.29 is 22.3 Å². The third kappa shape index (κ3) is 7.10. The minimum Gasteiger partial charge on any atom is -0.428 e. The zero-order valence-corrected chi connectivity index (χ0v) is 16.2. The molecule has 0 bridgehead atoms. The third-order valence-corrected chi connectivity index (χ3v) is 4.17. The van der Waals surface area contributed by atoms with Crippen molar-refractivity contribution in [2.45, 2.75) is 44.8 Å². The maximum Gasteiger partial charge on any atom is 0.461 e. The molecule has 0 amide bonds. The van der Waals surface area contributed by atoms with E-state index in [4.69, 9.17) is 0 Å². The highest BCUT2D eigenvalue weighted by Crippen LogP contribution is 2.32. The Morgan fingerprint density at radius 2 is 1.85 bits per heavy atom. The second-order valence-electron chi connectivity index (χ2n) is 5.98. The van der Waals surface area contributed by atoms with Crippen molar-refractivity contribution in [2.75, 3.05) is 26.2 Å². The first-order chi connectivity index (χ1) is 11.4. The molecule has 1 heterocycles. The first kappa shape index (κ1) is 25.2. The third-order valence-electron chi connectivity index (χ3n) is 4.17. The van der Waals surface area contributed by atoms with Gasteiger partial charge in [-0.15, -0.1) is 24.8 Å². The lowest BCUT2D eigenvalue weighted by molar-refractivity contribution is -0.253. The summed E-state index contributed by atoms with van der Waals surface area (Å²) in [5.74, 6) is -0.227. The molecule has 0 unspecified atom stereocenters. The summed E-state index contributed by atoms with van der Waals surface area (Å²) in [4.78, 5) is 2.30. The summed E-state index contributed by atoms with van der Waals surface area (Å²) >= 11 is 0. The Morgan fingerprint density at radius 1 is 1.19 bits per heavy atom. The number of nitrogens with one attached hydrogen (secondary N) is 1. The van der Waals surface area contributed by atoms with Gasteiger partial charge in [-0.25, -0.2) is 0 Å². The summed E-state index contributed by atoms with van der Waals surface area (Å²) in [6.07, 6.45) is -5.41. The average Bonchev–Trinajstić information content (AvgIpc) is 2.56. The number of piperazine rings is 1. The van der Waals surface area contributed by atoms with Crippen LogP contribution in [-0.4, -0.2) is 43.6 Å². The quantitative estimate of drug-likeness (QED) is 0.605. The Balaban J connectivity index is 0.00000312. The normalized spacial score (nSPS) is 16.5. The van der Waals surface area contributed by atoms with E-state index in [2.05, 4.69) is 21.9 Å². The van der Waals surface area contributed by atoms with E-state index in [-0.39, 0.29) is 36.6 Å². The number of unbranched alkanes of at least 4 members (excludes halogenated alkanes) is 1. The molecule has 1 N–H and O–H groups in total. The standard InChI is InChI=1S/C17H24F4N2O.2ClH/c1-2-3-7-15(23-10-8-22-9-11-23)13-5-4-6-14(12-13)24-17(20,21)16(18)19;;/h4-6,12,15-16,22H,2-3,7-11H2,1H3;2*1H/t15-;;/m0../s1. The van der Waals surface area contributed by atoms with Crippen LogP contribution in [-0.2, 0) is 0 Å². The lowest BCUT2D eigenvalue weighted by Gasteiger charge is -2.35. The SMILES string of the molecule is CCCC[C@@H](c1cccc(OC(F)(F)C(F)F)c1)N1CCNCC1.Cl.Cl. The maximum atomic E-state index is 13.1. The second-order valence-corrected chi connectivity index (χ2v) is 5.98. The molecule has 1 aromatic rings. The lowest BCUT2D eigenvalue weighted by Crippen LogP contribution is -2.45. The second kappa shape index (κ2) is 11.8. The molecule has 0 aliphatic carbocycles. The molecule has 0 aromatic heterocycles. The van der Waals surface area contributed by atoms with E-state index in [0.29, 0.717) is 0 Å². The molecule has 152 valence electrons. The van der Waals surface area contributed by atoms with Crippen molar-refractivity contribution >= 4 is 24.8 Å². The van der Waals surface area contributed by atoms with Gasteiger partial charge in [-0.1, -0.05) is 31.9 Å². The number of hydrogen-bond donors (Lipinski definition) is 1. The zero-order chi connectivity index (χ0) is 17.6. The molecule has 1 fully saturated rings. The summed E-state index contributed by atoms with van der Waals surface area (Å²) in [6, 6.07) is 6.24. The summed E-state index contributed by atoms with van der Waals surface area (Å²) in [6.45, 7) is 5.58. The van der Waals surface area contributed by atoms with E-state index in [1.54, 1.807) is 6.07 Å². The lowest BCUT2D eigenvalue weighted by atomic mass is 9.98. The fraction of sp³-hybridized carbons (Fsp3) is 0.647. The topological polar surface area (TPSA) is 24.5 Å². The molecule has 0 radical (unpaired) electrons. The largest absolute Gasteiger partial charge is 0.461 e. The molecule has 26 heavy (non-hydrogen) atoms.